The summed E-state index contributed by atoms with van der Waals surface area (Å²) in [7, 11) is 0. The quantitative estimate of drug-likeness (QED) is 0.867. The number of hydrogen-bond acceptors (Lipinski definition) is 3. The van der Waals surface area contributed by atoms with Gasteiger partial charge in [0.15, 0.2) is 0 Å². The van der Waals surface area contributed by atoms with Crippen molar-refractivity contribution in [1.29, 1.82) is 0 Å². The van der Waals surface area contributed by atoms with E-state index in [-0.39, 0.29) is 24.4 Å². The van der Waals surface area contributed by atoms with Crippen LogP contribution in [0.15, 0.2) is 24.3 Å². The molecule has 4 nitrogen and oxygen atoms in total. The predicted octanol–water partition coefficient (Wildman–Crippen LogP) is 3.18. The van der Waals surface area contributed by atoms with Gasteiger partial charge in [-0.15, -0.1) is 12.4 Å². The number of pyridine rings is 1. The highest BCUT2D eigenvalue weighted by atomic mass is 35.5. The molecule has 2 N–H and O–H groups in total. The monoisotopic (exact) mass is 339 g/mol. The zero-order valence-electron chi connectivity index (χ0n) is 12.4. The maximum absolute atomic E-state index is 12.8. The van der Waals surface area contributed by atoms with Gasteiger partial charge >= 0.3 is 0 Å². The molecular formula is C16H19Cl2N3O. The topological polar surface area (TPSA) is 59.2 Å². The number of halogens is 2. The fraction of sp³-hybridized carbons (Fsp3) is 0.375. The Kier molecular flexibility index (Phi) is 5.27. The number of benzene rings is 1. The van der Waals surface area contributed by atoms with Gasteiger partial charge in [-0.1, -0.05) is 17.7 Å². The lowest BCUT2D eigenvalue weighted by Gasteiger charge is -2.31. The van der Waals surface area contributed by atoms with Crippen molar-refractivity contribution in [3.05, 3.63) is 40.5 Å². The van der Waals surface area contributed by atoms with E-state index in [1.54, 1.807) is 12.1 Å². The van der Waals surface area contributed by atoms with E-state index in [1.807, 2.05) is 24.0 Å². The summed E-state index contributed by atoms with van der Waals surface area (Å²) in [6.45, 7) is 3.28. The molecule has 2 aromatic rings. The fourth-order valence-corrected chi connectivity index (χ4v) is 3.04. The number of aryl methyl sites for hydroxylation is 1. The molecule has 0 bridgehead atoms. The lowest BCUT2D eigenvalue weighted by Crippen LogP contribution is -2.45. The summed E-state index contributed by atoms with van der Waals surface area (Å²) in [5, 5.41) is 1.47. The molecule has 1 aliphatic heterocycles. The van der Waals surface area contributed by atoms with E-state index in [0.29, 0.717) is 17.1 Å². The first-order chi connectivity index (χ1) is 10.0. The number of carbonyl (C=O) groups excluding carboxylic acids is 1. The Morgan fingerprint density at radius 3 is 2.91 bits per heavy atom. The van der Waals surface area contributed by atoms with Crippen LogP contribution >= 0.6 is 24.0 Å². The summed E-state index contributed by atoms with van der Waals surface area (Å²) in [6.07, 6.45) is 1.94. The highest BCUT2D eigenvalue weighted by molar-refractivity contribution is 6.31. The van der Waals surface area contributed by atoms with Crippen molar-refractivity contribution in [3.63, 3.8) is 0 Å². The Bertz CT molecular complexity index is 700. The molecule has 118 valence electrons. The van der Waals surface area contributed by atoms with Crippen LogP contribution in [0.3, 0.4) is 0 Å². The van der Waals surface area contributed by atoms with Crippen LogP contribution < -0.4 is 5.73 Å². The molecule has 3 rings (SSSR count). The number of nitrogens with two attached hydrogens (primary N) is 1. The molecule has 1 fully saturated rings. The van der Waals surface area contributed by atoms with Crippen molar-refractivity contribution in [2.24, 2.45) is 5.73 Å². The smallest absolute Gasteiger partial charge is 0.254 e. The summed E-state index contributed by atoms with van der Waals surface area (Å²) in [6, 6.07) is 7.37. The first kappa shape index (κ1) is 17.0. The lowest BCUT2D eigenvalue weighted by molar-refractivity contribution is 0.0710. The average molecular weight is 340 g/mol. The van der Waals surface area contributed by atoms with E-state index >= 15 is 0 Å². The number of nitrogens with zero attached hydrogens (tertiary/aromatic N) is 2. The second-order valence-electron chi connectivity index (χ2n) is 5.63. The molecule has 1 unspecified atom stereocenters. The Labute approximate surface area is 141 Å². The molecule has 1 atom stereocenters. The lowest BCUT2D eigenvalue weighted by atomic mass is 10.0. The van der Waals surface area contributed by atoms with E-state index in [9.17, 15) is 4.79 Å². The molecule has 2 heterocycles. The third-order valence-electron chi connectivity index (χ3n) is 3.88. The van der Waals surface area contributed by atoms with Gasteiger partial charge in [0, 0.05) is 35.2 Å². The van der Waals surface area contributed by atoms with E-state index in [0.717, 1.165) is 36.0 Å². The molecule has 1 aliphatic rings. The third kappa shape index (κ3) is 3.35. The standard InChI is InChI=1S/C16H18ClN3O.ClH/c1-10-7-14(13-5-4-11(17)8-15(13)19-10)16(21)20-6-2-3-12(18)9-20;/h4-5,7-8,12H,2-3,6,9,18H2,1H3;1H. The van der Waals surface area contributed by atoms with Crippen LogP contribution in [0.25, 0.3) is 10.9 Å². The molecule has 1 amide bonds. The van der Waals surface area contributed by atoms with Crippen LogP contribution in [0, 0.1) is 6.92 Å². The van der Waals surface area contributed by atoms with Crippen LogP contribution in [0.1, 0.15) is 28.9 Å². The maximum atomic E-state index is 12.8. The molecule has 6 heteroatoms. The van der Waals surface area contributed by atoms with Crippen molar-refractivity contribution < 1.29 is 4.79 Å². The van der Waals surface area contributed by atoms with E-state index < -0.39 is 0 Å². The Morgan fingerprint density at radius 2 is 2.18 bits per heavy atom. The maximum Gasteiger partial charge on any atom is 0.254 e. The van der Waals surface area contributed by atoms with Crippen LogP contribution in [-0.2, 0) is 0 Å². The first-order valence-electron chi connectivity index (χ1n) is 7.16. The predicted molar refractivity (Wildman–Crippen MR) is 91.9 cm³/mol. The Hall–Kier alpha value is -1.36. The number of rotatable bonds is 1. The second kappa shape index (κ2) is 6.82. The molecule has 0 aliphatic carbocycles. The van der Waals surface area contributed by atoms with Crippen molar-refractivity contribution in [3.8, 4) is 0 Å². The molecule has 1 aromatic carbocycles. The summed E-state index contributed by atoms with van der Waals surface area (Å²) in [5.74, 6) is 0.0305. The molecule has 0 spiro atoms. The summed E-state index contributed by atoms with van der Waals surface area (Å²) >= 11 is 6.02. The van der Waals surface area contributed by atoms with Gasteiger partial charge in [-0.2, -0.15) is 0 Å². The van der Waals surface area contributed by atoms with Gasteiger partial charge in [0.2, 0.25) is 0 Å². The van der Waals surface area contributed by atoms with Crippen molar-refractivity contribution in [2.45, 2.75) is 25.8 Å². The Morgan fingerprint density at radius 1 is 1.41 bits per heavy atom. The summed E-state index contributed by atoms with van der Waals surface area (Å²) in [4.78, 5) is 19.1. The molecular weight excluding hydrogens is 321 g/mol. The minimum atomic E-state index is 0. The zero-order valence-corrected chi connectivity index (χ0v) is 14.0. The molecule has 1 aromatic heterocycles. The fourth-order valence-electron chi connectivity index (χ4n) is 2.88. The molecule has 1 saturated heterocycles. The SMILES string of the molecule is Cc1cc(C(=O)N2CCCC(N)C2)c2ccc(Cl)cc2n1.Cl. The number of aromatic nitrogens is 1. The van der Waals surface area contributed by atoms with Gasteiger partial charge in [0.25, 0.3) is 5.91 Å². The summed E-state index contributed by atoms with van der Waals surface area (Å²) in [5.41, 5.74) is 8.23. The third-order valence-corrected chi connectivity index (χ3v) is 4.11. The molecule has 22 heavy (non-hydrogen) atoms. The van der Waals surface area contributed by atoms with E-state index in [1.165, 1.54) is 0 Å². The van der Waals surface area contributed by atoms with E-state index in [4.69, 9.17) is 17.3 Å². The largest absolute Gasteiger partial charge is 0.337 e. The molecule has 0 radical (unpaired) electrons. The van der Waals surface area contributed by atoms with Gasteiger partial charge < -0.3 is 10.6 Å². The second-order valence-corrected chi connectivity index (χ2v) is 6.06. The van der Waals surface area contributed by atoms with Crippen LogP contribution in [0.5, 0.6) is 0 Å². The van der Waals surface area contributed by atoms with Gasteiger partial charge in [-0.05, 0) is 38.0 Å². The Balaban J connectivity index is 0.00000176. The van der Waals surface area contributed by atoms with Gasteiger partial charge in [0.1, 0.15) is 0 Å². The minimum Gasteiger partial charge on any atom is -0.337 e. The minimum absolute atomic E-state index is 0. The average Bonchev–Trinajstić information content (AvgIpc) is 2.45. The van der Waals surface area contributed by atoms with Crippen LogP contribution in [-0.4, -0.2) is 34.9 Å². The zero-order chi connectivity index (χ0) is 15.0. The number of amides is 1. The highest BCUT2D eigenvalue weighted by Crippen LogP contribution is 2.24. The first-order valence-corrected chi connectivity index (χ1v) is 7.54. The van der Waals surface area contributed by atoms with Gasteiger partial charge in [-0.25, -0.2) is 0 Å². The highest BCUT2D eigenvalue weighted by Gasteiger charge is 2.24. The summed E-state index contributed by atoms with van der Waals surface area (Å²) < 4.78 is 0. The number of hydrogen-bond donors (Lipinski definition) is 1. The van der Waals surface area contributed by atoms with Crippen molar-refractivity contribution in [1.82, 2.24) is 9.88 Å². The number of likely N-dealkylation sites (tertiary alicyclic amines) is 1. The van der Waals surface area contributed by atoms with Crippen molar-refractivity contribution in [2.75, 3.05) is 13.1 Å². The van der Waals surface area contributed by atoms with E-state index in [2.05, 4.69) is 4.98 Å². The number of carbonyl (C=O) groups is 1. The van der Waals surface area contributed by atoms with Gasteiger partial charge in [0.05, 0.1) is 11.1 Å². The molecule has 0 saturated carbocycles. The van der Waals surface area contributed by atoms with Crippen molar-refractivity contribution >= 4 is 40.8 Å². The normalized spacial score (nSPS) is 18.1. The number of fused-ring (bicyclic) bond motifs is 1. The van der Waals surface area contributed by atoms with Crippen LogP contribution in [0.2, 0.25) is 5.02 Å². The number of piperidine rings is 1. The van der Waals surface area contributed by atoms with Gasteiger partial charge in [-0.3, -0.25) is 9.78 Å². The van der Waals surface area contributed by atoms with Crippen LogP contribution in [0.4, 0.5) is 0 Å².